The minimum Gasteiger partial charge on any atom is -0.345 e. The number of nitrogens with zero attached hydrogens (tertiary/aromatic N) is 3. The molecule has 74 valence electrons. The lowest BCUT2D eigenvalue weighted by molar-refractivity contribution is 0.549. The number of aryl methyl sites for hydroxylation is 2. The van der Waals surface area contributed by atoms with Gasteiger partial charge in [0.1, 0.15) is 13.0 Å². The van der Waals surface area contributed by atoms with Gasteiger partial charge in [0.2, 0.25) is 0 Å². The molecule has 0 radical (unpaired) electrons. The molecule has 0 aromatic heterocycles. The van der Waals surface area contributed by atoms with E-state index in [2.05, 4.69) is 42.0 Å². The van der Waals surface area contributed by atoms with Crippen LogP contribution in [0.1, 0.15) is 11.1 Å². The van der Waals surface area contributed by atoms with Crippen molar-refractivity contribution in [3.8, 4) is 0 Å². The summed E-state index contributed by atoms with van der Waals surface area (Å²) in [7, 11) is 2.02. The molecule has 1 heterocycles. The molecule has 1 aliphatic rings. The molecule has 0 N–H and O–H groups in total. The molecule has 0 fully saturated rings. The zero-order chi connectivity index (χ0) is 10.1. The highest BCUT2D eigenvalue weighted by molar-refractivity contribution is 5.63. The maximum absolute atomic E-state index is 4.30. The van der Waals surface area contributed by atoms with Crippen LogP contribution in [0.4, 0.5) is 5.69 Å². The molecule has 0 unspecified atom stereocenters. The summed E-state index contributed by atoms with van der Waals surface area (Å²) in [5.41, 5.74) is 3.73. The second kappa shape index (κ2) is 3.33. The maximum atomic E-state index is 4.30. The molecule has 1 aliphatic heterocycles. The summed E-state index contributed by atoms with van der Waals surface area (Å²) in [5, 5.41) is 6.30. The van der Waals surface area contributed by atoms with E-state index in [0.717, 1.165) is 6.67 Å². The first-order chi connectivity index (χ1) is 6.65. The number of hydrazone groups is 1. The van der Waals surface area contributed by atoms with Gasteiger partial charge in [0.15, 0.2) is 0 Å². The number of benzene rings is 1. The van der Waals surface area contributed by atoms with E-state index in [-0.39, 0.29) is 0 Å². The summed E-state index contributed by atoms with van der Waals surface area (Å²) >= 11 is 0. The smallest absolute Gasteiger partial charge is 0.113 e. The first-order valence-corrected chi connectivity index (χ1v) is 4.75. The highest BCUT2D eigenvalue weighted by atomic mass is 15.6. The van der Waals surface area contributed by atoms with E-state index >= 15 is 0 Å². The van der Waals surface area contributed by atoms with E-state index in [0.29, 0.717) is 0 Å². The third-order valence-corrected chi connectivity index (χ3v) is 2.25. The van der Waals surface area contributed by atoms with Crippen molar-refractivity contribution in [2.75, 3.05) is 18.7 Å². The molecule has 0 aliphatic carbocycles. The average molecular weight is 189 g/mol. The standard InChI is InChI=1S/C11H15N3/c1-9-4-10(2)6-11(5-9)14-8-13(3)7-12-14/h4-7H,8H2,1-3H3. The third kappa shape index (κ3) is 1.71. The fourth-order valence-corrected chi connectivity index (χ4v) is 1.68. The lowest BCUT2D eigenvalue weighted by atomic mass is 10.1. The SMILES string of the molecule is Cc1cc(C)cc(N2CN(C)C=N2)c1. The average Bonchev–Trinajstić information content (AvgIpc) is 2.50. The Kier molecular flexibility index (Phi) is 2.15. The Balaban J connectivity index is 2.28. The van der Waals surface area contributed by atoms with Crippen LogP contribution in [0.25, 0.3) is 0 Å². The summed E-state index contributed by atoms with van der Waals surface area (Å²) < 4.78 is 0. The van der Waals surface area contributed by atoms with E-state index in [1.54, 1.807) is 0 Å². The van der Waals surface area contributed by atoms with E-state index in [9.17, 15) is 0 Å². The topological polar surface area (TPSA) is 18.8 Å². The largest absolute Gasteiger partial charge is 0.345 e. The molecule has 2 rings (SSSR count). The molecule has 0 bridgehead atoms. The van der Waals surface area contributed by atoms with Crippen molar-refractivity contribution in [2.45, 2.75) is 13.8 Å². The van der Waals surface area contributed by atoms with E-state index in [1.165, 1.54) is 16.8 Å². The summed E-state index contributed by atoms with van der Waals surface area (Å²) in [6.45, 7) is 5.06. The van der Waals surface area contributed by atoms with Crippen LogP contribution < -0.4 is 5.01 Å². The summed E-state index contributed by atoms with van der Waals surface area (Å²) in [6, 6.07) is 6.49. The number of rotatable bonds is 1. The van der Waals surface area contributed by atoms with Gasteiger partial charge in [-0.3, -0.25) is 0 Å². The number of hydrogen-bond acceptors (Lipinski definition) is 3. The van der Waals surface area contributed by atoms with Crippen molar-refractivity contribution >= 4 is 12.0 Å². The molecule has 14 heavy (non-hydrogen) atoms. The Labute approximate surface area is 84.6 Å². The zero-order valence-electron chi connectivity index (χ0n) is 8.86. The second-order valence-corrected chi connectivity index (χ2v) is 3.87. The molecular weight excluding hydrogens is 174 g/mol. The van der Waals surface area contributed by atoms with E-state index in [1.807, 2.05) is 18.4 Å². The lowest BCUT2D eigenvalue weighted by Crippen LogP contribution is -2.22. The van der Waals surface area contributed by atoms with Crippen LogP contribution >= 0.6 is 0 Å². The molecule has 0 saturated carbocycles. The summed E-state index contributed by atoms with van der Waals surface area (Å²) in [5.74, 6) is 0. The predicted molar refractivity (Wildman–Crippen MR) is 59.5 cm³/mol. The minimum absolute atomic E-state index is 0.836. The van der Waals surface area contributed by atoms with Gasteiger partial charge < -0.3 is 4.90 Å². The van der Waals surface area contributed by atoms with Gasteiger partial charge in [-0.1, -0.05) is 6.07 Å². The Bertz CT molecular complexity index is 351. The van der Waals surface area contributed by atoms with Gasteiger partial charge in [-0.05, 0) is 37.1 Å². The molecule has 3 heteroatoms. The van der Waals surface area contributed by atoms with Gasteiger partial charge >= 0.3 is 0 Å². The van der Waals surface area contributed by atoms with Gasteiger partial charge in [0.25, 0.3) is 0 Å². The van der Waals surface area contributed by atoms with E-state index < -0.39 is 0 Å². The van der Waals surface area contributed by atoms with Crippen LogP contribution in [0.2, 0.25) is 0 Å². The number of anilines is 1. The van der Waals surface area contributed by atoms with Crippen molar-refractivity contribution in [2.24, 2.45) is 5.10 Å². The third-order valence-electron chi connectivity index (χ3n) is 2.25. The fourth-order valence-electron chi connectivity index (χ4n) is 1.68. The van der Waals surface area contributed by atoms with Crippen molar-refractivity contribution in [1.29, 1.82) is 0 Å². The summed E-state index contributed by atoms with van der Waals surface area (Å²) in [6.07, 6.45) is 1.84. The monoisotopic (exact) mass is 189 g/mol. The lowest BCUT2D eigenvalue weighted by Gasteiger charge is -2.16. The Hall–Kier alpha value is -1.51. The first kappa shape index (κ1) is 9.06. The van der Waals surface area contributed by atoms with Crippen molar-refractivity contribution in [3.63, 3.8) is 0 Å². The van der Waals surface area contributed by atoms with Crippen molar-refractivity contribution < 1.29 is 0 Å². The second-order valence-electron chi connectivity index (χ2n) is 3.87. The molecule has 0 spiro atoms. The van der Waals surface area contributed by atoms with Gasteiger partial charge in [-0.15, -0.1) is 0 Å². The van der Waals surface area contributed by atoms with Crippen LogP contribution in [0, 0.1) is 13.8 Å². The Morgan fingerprint density at radius 1 is 1.14 bits per heavy atom. The van der Waals surface area contributed by atoms with Gasteiger partial charge in [0.05, 0.1) is 5.69 Å². The Morgan fingerprint density at radius 2 is 1.79 bits per heavy atom. The summed E-state index contributed by atoms with van der Waals surface area (Å²) in [4.78, 5) is 2.05. The van der Waals surface area contributed by atoms with Gasteiger partial charge in [-0.2, -0.15) is 5.10 Å². The molecule has 0 saturated heterocycles. The van der Waals surface area contributed by atoms with Crippen LogP contribution in [-0.4, -0.2) is 25.0 Å². The maximum Gasteiger partial charge on any atom is 0.113 e. The van der Waals surface area contributed by atoms with Gasteiger partial charge in [-0.25, -0.2) is 5.01 Å². The molecule has 1 aromatic rings. The molecule has 0 amide bonds. The van der Waals surface area contributed by atoms with Gasteiger partial charge in [0, 0.05) is 7.05 Å². The zero-order valence-corrected chi connectivity index (χ0v) is 8.86. The minimum atomic E-state index is 0.836. The molecule has 3 nitrogen and oxygen atoms in total. The van der Waals surface area contributed by atoms with Crippen molar-refractivity contribution in [1.82, 2.24) is 4.90 Å². The molecule has 1 aromatic carbocycles. The van der Waals surface area contributed by atoms with Crippen LogP contribution in [0.5, 0.6) is 0 Å². The van der Waals surface area contributed by atoms with E-state index in [4.69, 9.17) is 0 Å². The highest BCUT2D eigenvalue weighted by Crippen LogP contribution is 2.20. The quantitative estimate of drug-likeness (QED) is 0.672. The predicted octanol–water partition coefficient (Wildman–Crippen LogP) is 1.96. The number of hydrogen-bond donors (Lipinski definition) is 0. The fraction of sp³-hybridized carbons (Fsp3) is 0.364. The first-order valence-electron chi connectivity index (χ1n) is 4.75. The molecule has 0 atom stereocenters. The van der Waals surface area contributed by atoms with Crippen molar-refractivity contribution in [3.05, 3.63) is 29.3 Å². The van der Waals surface area contributed by atoms with Crippen LogP contribution in [0.3, 0.4) is 0 Å². The van der Waals surface area contributed by atoms with Crippen LogP contribution in [-0.2, 0) is 0 Å². The molecular formula is C11H15N3. The van der Waals surface area contributed by atoms with Crippen LogP contribution in [0.15, 0.2) is 23.3 Å². The highest BCUT2D eigenvalue weighted by Gasteiger charge is 2.12. The Morgan fingerprint density at radius 3 is 2.29 bits per heavy atom. The normalized spacial score (nSPS) is 15.4.